The molecule has 0 radical (unpaired) electrons. The third-order valence-corrected chi connectivity index (χ3v) is 3.75. The van der Waals surface area contributed by atoms with Crippen LogP contribution in [0.25, 0.3) is 11.0 Å². The summed E-state index contributed by atoms with van der Waals surface area (Å²) in [5.41, 5.74) is 8.91. The summed E-state index contributed by atoms with van der Waals surface area (Å²) in [4.78, 5) is 7.75. The summed E-state index contributed by atoms with van der Waals surface area (Å²) < 4.78 is 0. The van der Waals surface area contributed by atoms with Crippen LogP contribution in [0.4, 0.5) is 11.6 Å². The summed E-state index contributed by atoms with van der Waals surface area (Å²) >= 11 is 0. The molecule has 0 bridgehead atoms. The lowest BCUT2D eigenvalue weighted by atomic mass is 9.70. The first-order valence-electron chi connectivity index (χ1n) is 6.14. The van der Waals surface area contributed by atoms with Gasteiger partial charge in [0.2, 0.25) is 5.95 Å². The monoisotopic (exact) mass is 230 g/mol. The molecular weight excluding hydrogens is 212 g/mol. The summed E-state index contributed by atoms with van der Waals surface area (Å²) in [7, 11) is 0. The zero-order chi connectivity index (χ0) is 11.9. The molecule has 1 aromatic carbocycles. The van der Waals surface area contributed by atoms with Gasteiger partial charge in [0, 0.05) is 12.2 Å². The first-order chi connectivity index (χ1) is 8.15. The third-order valence-electron chi connectivity index (χ3n) is 3.75. The Labute approximate surface area is 101 Å². The van der Waals surface area contributed by atoms with E-state index in [0.29, 0.717) is 5.41 Å². The van der Waals surface area contributed by atoms with Crippen LogP contribution in [0.2, 0.25) is 0 Å². The second kappa shape index (κ2) is 3.65. The molecule has 0 spiro atoms. The number of fused-ring (bicyclic) bond motifs is 1. The minimum Gasteiger partial charge on any atom is -0.399 e. The van der Waals surface area contributed by atoms with Crippen molar-refractivity contribution in [2.75, 3.05) is 17.6 Å². The largest absolute Gasteiger partial charge is 0.399 e. The first kappa shape index (κ1) is 10.4. The van der Waals surface area contributed by atoms with Crippen LogP contribution >= 0.6 is 0 Å². The van der Waals surface area contributed by atoms with Gasteiger partial charge in [0.05, 0.1) is 11.0 Å². The summed E-state index contributed by atoms with van der Waals surface area (Å²) in [6.45, 7) is 3.31. The highest BCUT2D eigenvalue weighted by atomic mass is 15.1. The minimum atomic E-state index is 0.456. The fourth-order valence-electron chi connectivity index (χ4n) is 2.37. The van der Waals surface area contributed by atoms with Gasteiger partial charge in [-0.25, -0.2) is 4.98 Å². The maximum Gasteiger partial charge on any atom is 0.201 e. The van der Waals surface area contributed by atoms with E-state index in [2.05, 4.69) is 22.2 Å². The number of H-pyrrole nitrogens is 1. The fourth-order valence-corrected chi connectivity index (χ4v) is 2.37. The summed E-state index contributed by atoms with van der Waals surface area (Å²) in [5.74, 6) is 0.846. The Morgan fingerprint density at radius 3 is 3.00 bits per heavy atom. The van der Waals surface area contributed by atoms with Gasteiger partial charge >= 0.3 is 0 Å². The SMILES string of the molecule is CC1(CNc2nc3ccc(N)cc3[nH]2)CCC1. The molecule has 3 rings (SSSR count). The van der Waals surface area contributed by atoms with Crippen LogP contribution in [0.3, 0.4) is 0 Å². The topological polar surface area (TPSA) is 66.7 Å². The highest BCUT2D eigenvalue weighted by Gasteiger charge is 2.31. The van der Waals surface area contributed by atoms with Crippen molar-refractivity contribution in [3.63, 3.8) is 0 Å². The van der Waals surface area contributed by atoms with Crippen molar-refractivity contribution in [1.29, 1.82) is 0 Å². The van der Waals surface area contributed by atoms with Gasteiger partial charge in [-0.3, -0.25) is 0 Å². The maximum absolute atomic E-state index is 5.74. The number of anilines is 2. The number of nitrogens with one attached hydrogen (secondary N) is 2. The average molecular weight is 230 g/mol. The predicted octanol–water partition coefficient (Wildman–Crippen LogP) is 2.75. The van der Waals surface area contributed by atoms with Crippen molar-refractivity contribution < 1.29 is 0 Å². The molecule has 1 fully saturated rings. The molecule has 90 valence electrons. The molecule has 0 amide bonds. The number of aromatic amines is 1. The van der Waals surface area contributed by atoms with Gasteiger partial charge in [-0.15, -0.1) is 0 Å². The van der Waals surface area contributed by atoms with Crippen molar-refractivity contribution in [3.8, 4) is 0 Å². The number of benzene rings is 1. The zero-order valence-electron chi connectivity index (χ0n) is 10.1. The normalized spacial score (nSPS) is 17.9. The van der Waals surface area contributed by atoms with E-state index < -0.39 is 0 Å². The van der Waals surface area contributed by atoms with E-state index in [1.807, 2.05) is 18.2 Å². The molecule has 17 heavy (non-hydrogen) atoms. The van der Waals surface area contributed by atoms with Gasteiger partial charge in [0.1, 0.15) is 0 Å². The second-order valence-corrected chi connectivity index (χ2v) is 5.38. The molecule has 1 aromatic heterocycles. The number of rotatable bonds is 3. The molecule has 1 aliphatic rings. The molecule has 4 nitrogen and oxygen atoms in total. The summed E-state index contributed by atoms with van der Waals surface area (Å²) in [6.07, 6.45) is 3.98. The van der Waals surface area contributed by atoms with Crippen LogP contribution in [0.15, 0.2) is 18.2 Å². The van der Waals surface area contributed by atoms with E-state index in [0.717, 1.165) is 29.2 Å². The number of nitrogen functional groups attached to an aromatic ring is 1. The van der Waals surface area contributed by atoms with Crippen LogP contribution in [-0.4, -0.2) is 16.5 Å². The number of hydrogen-bond donors (Lipinski definition) is 3. The van der Waals surface area contributed by atoms with Crippen molar-refractivity contribution in [2.45, 2.75) is 26.2 Å². The van der Waals surface area contributed by atoms with Gasteiger partial charge in [-0.2, -0.15) is 0 Å². The quantitative estimate of drug-likeness (QED) is 0.710. The lowest BCUT2D eigenvalue weighted by Gasteiger charge is -2.38. The molecule has 0 aliphatic heterocycles. The number of nitrogens with zero attached hydrogens (tertiary/aromatic N) is 1. The summed E-state index contributed by atoms with van der Waals surface area (Å²) in [5, 5.41) is 3.39. The fraction of sp³-hybridized carbons (Fsp3) is 0.462. The van der Waals surface area contributed by atoms with Gasteiger partial charge in [0.25, 0.3) is 0 Å². The van der Waals surface area contributed by atoms with Crippen molar-refractivity contribution >= 4 is 22.7 Å². The van der Waals surface area contributed by atoms with Gasteiger partial charge in [-0.1, -0.05) is 13.3 Å². The molecule has 0 unspecified atom stereocenters. The molecule has 4 heteroatoms. The number of hydrogen-bond acceptors (Lipinski definition) is 3. The van der Waals surface area contributed by atoms with E-state index in [1.54, 1.807) is 0 Å². The van der Waals surface area contributed by atoms with Crippen LogP contribution < -0.4 is 11.1 Å². The van der Waals surface area contributed by atoms with E-state index >= 15 is 0 Å². The Kier molecular flexibility index (Phi) is 2.24. The first-order valence-corrected chi connectivity index (χ1v) is 6.14. The smallest absolute Gasteiger partial charge is 0.201 e. The second-order valence-electron chi connectivity index (χ2n) is 5.38. The minimum absolute atomic E-state index is 0.456. The Morgan fingerprint density at radius 2 is 2.29 bits per heavy atom. The Bertz CT molecular complexity index is 539. The highest BCUT2D eigenvalue weighted by Crippen LogP contribution is 2.40. The maximum atomic E-state index is 5.74. The van der Waals surface area contributed by atoms with Crippen LogP contribution in [0.1, 0.15) is 26.2 Å². The van der Waals surface area contributed by atoms with Crippen LogP contribution in [0.5, 0.6) is 0 Å². The molecule has 1 saturated carbocycles. The van der Waals surface area contributed by atoms with Gasteiger partial charge in [-0.05, 0) is 36.5 Å². The highest BCUT2D eigenvalue weighted by molar-refractivity contribution is 5.80. The zero-order valence-corrected chi connectivity index (χ0v) is 10.1. The van der Waals surface area contributed by atoms with Crippen molar-refractivity contribution in [3.05, 3.63) is 18.2 Å². The molecule has 1 aliphatic carbocycles. The number of imidazole rings is 1. The van der Waals surface area contributed by atoms with Crippen LogP contribution in [-0.2, 0) is 0 Å². The van der Waals surface area contributed by atoms with E-state index in [1.165, 1.54) is 19.3 Å². The number of aromatic nitrogens is 2. The summed E-state index contributed by atoms with van der Waals surface area (Å²) in [6, 6.07) is 5.73. The molecule has 1 heterocycles. The van der Waals surface area contributed by atoms with Gasteiger partial charge in [0.15, 0.2) is 0 Å². The van der Waals surface area contributed by atoms with E-state index in [-0.39, 0.29) is 0 Å². The Morgan fingerprint density at radius 1 is 1.47 bits per heavy atom. The molecular formula is C13H18N4. The molecule has 0 atom stereocenters. The Balaban J connectivity index is 1.76. The van der Waals surface area contributed by atoms with E-state index in [9.17, 15) is 0 Å². The molecule has 2 aromatic rings. The lowest BCUT2D eigenvalue weighted by molar-refractivity contribution is 0.179. The molecule has 0 saturated heterocycles. The van der Waals surface area contributed by atoms with Crippen molar-refractivity contribution in [1.82, 2.24) is 9.97 Å². The standard InChI is InChI=1S/C13H18N4/c1-13(5-2-6-13)8-15-12-16-10-4-3-9(14)7-11(10)17-12/h3-4,7H,2,5-6,8,14H2,1H3,(H2,15,16,17). The van der Waals surface area contributed by atoms with Crippen LogP contribution in [0, 0.1) is 5.41 Å². The average Bonchev–Trinajstić information content (AvgIpc) is 2.65. The lowest BCUT2D eigenvalue weighted by Crippen LogP contribution is -2.33. The molecule has 4 N–H and O–H groups in total. The number of nitrogens with two attached hydrogens (primary N) is 1. The van der Waals surface area contributed by atoms with Gasteiger partial charge < -0.3 is 16.0 Å². The van der Waals surface area contributed by atoms with Crippen molar-refractivity contribution in [2.24, 2.45) is 5.41 Å². The van der Waals surface area contributed by atoms with E-state index in [4.69, 9.17) is 5.73 Å². The third kappa shape index (κ3) is 1.95. The predicted molar refractivity (Wildman–Crippen MR) is 71.0 cm³/mol. The Hall–Kier alpha value is -1.71.